The number of hydrogen-bond acceptors (Lipinski definition) is 5. The molecule has 0 atom stereocenters. The number of nitrogens with zero attached hydrogens (tertiary/aromatic N) is 2. The maximum absolute atomic E-state index is 8.73. The molecule has 0 saturated carbocycles. The molecule has 0 aromatic carbocycles. The normalized spacial score (nSPS) is 10.2. The Balaban J connectivity index is 2.79. The van der Waals surface area contributed by atoms with Crippen LogP contribution in [0.2, 0.25) is 0 Å². The molecular formula is C11H20N4O. The Morgan fingerprint density at radius 1 is 1.31 bits per heavy atom. The Hall–Kier alpha value is -1.36. The van der Waals surface area contributed by atoms with Gasteiger partial charge in [-0.2, -0.15) is 0 Å². The molecule has 1 heterocycles. The molecular weight excluding hydrogens is 204 g/mol. The number of aliphatic hydroxyl groups is 1. The molecule has 16 heavy (non-hydrogen) atoms. The Morgan fingerprint density at radius 3 is 2.69 bits per heavy atom. The Kier molecular flexibility index (Phi) is 5.56. The van der Waals surface area contributed by atoms with Crippen molar-refractivity contribution < 1.29 is 5.11 Å². The van der Waals surface area contributed by atoms with E-state index in [1.165, 1.54) is 0 Å². The van der Waals surface area contributed by atoms with Crippen molar-refractivity contribution in [2.45, 2.75) is 26.2 Å². The lowest BCUT2D eigenvalue weighted by molar-refractivity contribution is 0.292. The van der Waals surface area contributed by atoms with Crippen LogP contribution in [0.4, 0.5) is 11.6 Å². The number of rotatable bonds is 7. The summed E-state index contributed by atoms with van der Waals surface area (Å²) in [6.45, 7) is 3.05. The van der Waals surface area contributed by atoms with E-state index in [-0.39, 0.29) is 6.61 Å². The molecule has 0 saturated heterocycles. The Bertz CT molecular complexity index is 317. The van der Waals surface area contributed by atoms with E-state index in [9.17, 15) is 0 Å². The zero-order chi connectivity index (χ0) is 11.8. The van der Waals surface area contributed by atoms with E-state index in [1.54, 1.807) is 6.33 Å². The average molecular weight is 224 g/mol. The summed E-state index contributed by atoms with van der Waals surface area (Å²) in [7, 11) is 1.86. The van der Waals surface area contributed by atoms with Crippen LogP contribution in [0.25, 0.3) is 0 Å². The van der Waals surface area contributed by atoms with E-state index in [0.717, 1.165) is 43.0 Å². The van der Waals surface area contributed by atoms with Gasteiger partial charge in [0.15, 0.2) is 0 Å². The van der Waals surface area contributed by atoms with Crippen molar-refractivity contribution in [2.24, 2.45) is 0 Å². The van der Waals surface area contributed by atoms with E-state index in [1.807, 2.05) is 7.05 Å². The first-order chi connectivity index (χ1) is 7.83. The fraction of sp³-hybridized carbons (Fsp3) is 0.636. The third-order valence-electron chi connectivity index (χ3n) is 2.31. The lowest BCUT2D eigenvalue weighted by Crippen LogP contribution is -2.10. The molecule has 3 N–H and O–H groups in total. The zero-order valence-electron chi connectivity index (χ0n) is 9.95. The van der Waals surface area contributed by atoms with Gasteiger partial charge in [0.2, 0.25) is 0 Å². The average Bonchev–Trinajstić information content (AvgIpc) is 2.31. The summed E-state index contributed by atoms with van der Waals surface area (Å²) in [5.74, 6) is 1.75. The number of aliphatic hydroxyl groups excluding tert-OH is 1. The van der Waals surface area contributed by atoms with Crippen molar-refractivity contribution in [1.29, 1.82) is 0 Å². The Morgan fingerprint density at radius 2 is 2.06 bits per heavy atom. The highest BCUT2D eigenvalue weighted by molar-refractivity contribution is 5.57. The van der Waals surface area contributed by atoms with Crippen molar-refractivity contribution in [3.05, 3.63) is 11.9 Å². The molecule has 1 aromatic heterocycles. The van der Waals surface area contributed by atoms with Crippen LogP contribution in [0.15, 0.2) is 6.33 Å². The maximum Gasteiger partial charge on any atom is 0.134 e. The molecule has 0 aliphatic carbocycles. The van der Waals surface area contributed by atoms with E-state index in [4.69, 9.17) is 5.11 Å². The van der Waals surface area contributed by atoms with Crippen molar-refractivity contribution in [2.75, 3.05) is 30.8 Å². The summed E-state index contributed by atoms with van der Waals surface area (Å²) < 4.78 is 0. The number of aromatic nitrogens is 2. The van der Waals surface area contributed by atoms with Gasteiger partial charge in [0.25, 0.3) is 0 Å². The first kappa shape index (κ1) is 12.7. The molecule has 5 heteroatoms. The van der Waals surface area contributed by atoms with Gasteiger partial charge >= 0.3 is 0 Å². The SMILES string of the molecule is CCCc1c(NC)ncnc1NCCCO. The van der Waals surface area contributed by atoms with Crippen LogP contribution in [0, 0.1) is 0 Å². The minimum absolute atomic E-state index is 0.195. The monoisotopic (exact) mass is 224 g/mol. The molecule has 0 aliphatic rings. The lowest BCUT2D eigenvalue weighted by atomic mass is 10.1. The van der Waals surface area contributed by atoms with Gasteiger partial charge in [0.1, 0.15) is 18.0 Å². The quantitative estimate of drug-likeness (QED) is 0.608. The molecule has 90 valence electrons. The summed E-state index contributed by atoms with van der Waals surface area (Å²) in [6.07, 6.45) is 4.27. The molecule has 0 radical (unpaired) electrons. The molecule has 1 rings (SSSR count). The molecule has 0 bridgehead atoms. The smallest absolute Gasteiger partial charge is 0.134 e. The Labute approximate surface area is 96.3 Å². The summed E-state index contributed by atoms with van der Waals surface area (Å²) >= 11 is 0. The van der Waals surface area contributed by atoms with Crippen LogP contribution in [0.3, 0.4) is 0 Å². The van der Waals surface area contributed by atoms with E-state index < -0.39 is 0 Å². The van der Waals surface area contributed by atoms with Gasteiger partial charge in [-0.15, -0.1) is 0 Å². The number of anilines is 2. The summed E-state index contributed by atoms with van der Waals surface area (Å²) in [4.78, 5) is 8.43. The van der Waals surface area contributed by atoms with Crippen LogP contribution in [0.5, 0.6) is 0 Å². The predicted molar refractivity (Wildman–Crippen MR) is 65.8 cm³/mol. The largest absolute Gasteiger partial charge is 0.396 e. The fourth-order valence-corrected chi connectivity index (χ4v) is 1.55. The molecule has 1 aromatic rings. The van der Waals surface area contributed by atoms with Gasteiger partial charge in [-0.3, -0.25) is 0 Å². The highest BCUT2D eigenvalue weighted by atomic mass is 16.3. The van der Waals surface area contributed by atoms with Gasteiger partial charge in [-0.1, -0.05) is 13.3 Å². The second-order valence-electron chi connectivity index (χ2n) is 3.55. The second-order valence-corrected chi connectivity index (χ2v) is 3.55. The van der Waals surface area contributed by atoms with Gasteiger partial charge < -0.3 is 15.7 Å². The molecule has 0 spiro atoms. The van der Waals surface area contributed by atoms with Crippen LogP contribution >= 0.6 is 0 Å². The number of hydrogen-bond donors (Lipinski definition) is 3. The minimum Gasteiger partial charge on any atom is -0.396 e. The minimum atomic E-state index is 0.195. The molecule has 0 amide bonds. The van der Waals surface area contributed by atoms with Crippen molar-refractivity contribution in [1.82, 2.24) is 9.97 Å². The molecule has 0 fully saturated rings. The first-order valence-electron chi connectivity index (χ1n) is 5.69. The third-order valence-corrected chi connectivity index (χ3v) is 2.31. The summed E-state index contributed by atoms with van der Waals surface area (Å²) in [6, 6.07) is 0. The van der Waals surface area contributed by atoms with Crippen LogP contribution < -0.4 is 10.6 Å². The van der Waals surface area contributed by atoms with Crippen LogP contribution in [0.1, 0.15) is 25.3 Å². The van der Waals surface area contributed by atoms with Gasteiger partial charge in [0, 0.05) is 25.8 Å². The van der Waals surface area contributed by atoms with E-state index in [0.29, 0.717) is 0 Å². The van der Waals surface area contributed by atoms with Gasteiger partial charge in [-0.05, 0) is 12.8 Å². The highest BCUT2D eigenvalue weighted by Gasteiger charge is 2.08. The van der Waals surface area contributed by atoms with Gasteiger partial charge in [-0.25, -0.2) is 9.97 Å². The summed E-state index contributed by atoms with van der Waals surface area (Å²) in [5.41, 5.74) is 1.12. The van der Waals surface area contributed by atoms with E-state index >= 15 is 0 Å². The third kappa shape index (κ3) is 3.34. The van der Waals surface area contributed by atoms with Crippen molar-refractivity contribution in [3.8, 4) is 0 Å². The highest BCUT2D eigenvalue weighted by Crippen LogP contribution is 2.20. The van der Waals surface area contributed by atoms with Crippen molar-refractivity contribution in [3.63, 3.8) is 0 Å². The predicted octanol–water partition coefficient (Wildman–Crippen LogP) is 1.27. The maximum atomic E-state index is 8.73. The van der Waals surface area contributed by atoms with Crippen molar-refractivity contribution >= 4 is 11.6 Å². The van der Waals surface area contributed by atoms with Gasteiger partial charge in [0.05, 0.1) is 0 Å². The van der Waals surface area contributed by atoms with E-state index in [2.05, 4.69) is 27.5 Å². The zero-order valence-corrected chi connectivity index (χ0v) is 9.95. The second kappa shape index (κ2) is 7.00. The first-order valence-corrected chi connectivity index (χ1v) is 5.69. The molecule has 0 aliphatic heterocycles. The topological polar surface area (TPSA) is 70.1 Å². The number of nitrogens with one attached hydrogen (secondary N) is 2. The lowest BCUT2D eigenvalue weighted by Gasteiger charge is -2.13. The molecule has 0 unspecified atom stereocenters. The molecule has 5 nitrogen and oxygen atoms in total. The van der Waals surface area contributed by atoms with Crippen LogP contribution in [-0.4, -0.2) is 35.3 Å². The fourth-order valence-electron chi connectivity index (χ4n) is 1.55. The summed E-state index contributed by atoms with van der Waals surface area (Å²) in [5, 5.41) is 15.0. The standard InChI is InChI=1S/C11H20N4O/c1-3-5-9-10(12-2)14-8-15-11(9)13-6-4-7-16/h8,16H,3-7H2,1-2H3,(H2,12,13,14,15). The van der Waals surface area contributed by atoms with Crippen LogP contribution in [-0.2, 0) is 6.42 Å².